The van der Waals surface area contributed by atoms with E-state index in [1.54, 1.807) is 22.3 Å². The average Bonchev–Trinajstić information content (AvgIpc) is 3.44. The van der Waals surface area contributed by atoms with Crippen LogP contribution < -0.4 is 10.1 Å². The van der Waals surface area contributed by atoms with Gasteiger partial charge in [-0.25, -0.2) is 9.67 Å². The lowest BCUT2D eigenvalue weighted by atomic mass is 9.91. The van der Waals surface area contributed by atoms with Crippen LogP contribution in [0.15, 0.2) is 67.3 Å². The molecule has 0 unspecified atom stereocenters. The Hall–Kier alpha value is -3.45. The van der Waals surface area contributed by atoms with Crippen LogP contribution in [0.25, 0.3) is 10.4 Å². The quantitative estimate of drug-likeness (QED) is 0.505. The highest BCUT2D eigenvalue weighted by Gasteiger charge is 2.21. The van der Waals surface area contributed by atoms with E-state index in [1.165, 1.54) is 27.9 Å². The van der Waals surface area contributed by atoms with Gasteiger partial charge in [0.15, 0.2) is 0 Å². The molecule has 0 saturated heterocycles. The highest BCUT2D eigenvalue weighted by atomic mass is 32.1. The number of benzene rings is 2. The molecule has 0 radical (unpaired) electrons. The Morgan fingerprint density at radius 3 is 2.90 bits per heavy atom. The number of hydrogen-bond donors (Lipinski definition) is 1. The average molecular weight is 417 g/mol. The van der Waals surface area contributed by atoms with Gasteiger partial charge in [0.25, 0.3) is 5.91 Å². The smallest absolute Gasteiger partial charge is 0.265 e. The van der Waals surface area contributed by atoms with Crippen LogP contribution >= 0.6 is 11.3 Å². The zero-order chi connectivity index (χ0) is 20.3. The second-order valence-electron chi connectivity index (χ2n) is 7.11. The van der Waals surface area contributed by atoms with E-state index in [1.807, 2.05) is 30.3 Å². The minimum absolute atomic E-state index is 0.0911. The van der Waals surface area contributed by atoms with E-state index in [0.29, 0.717) is 24.6 Å². The molecule has 4 aromatic rings. The molecule has 0 spiro atoms. The highest BCUT2D eigenvalue weighted by molar-refractivity contribution is 7.17. The normalized spacial score (nSPS) is 12.1. The van der Waals surface area contributed by atoms with E-state index in [2.05, 4.69) is 39.7 Å². The second kappa shape index (κ2) is 8.12. The van der Waals surface area contributed by atoms with Crippen LogP contribution in [-0.4, -0.2) is 27.3 Å². The first-order valence-corrected chi connectivity index (χ1v) is 10.7. The van der Waals surface area contributed by atoms with Gasteiger partial charge in [-0.3, -0.25) is 4.79 Å². The third kappa shape index (κ3) is 3.84. The summed E-state index contributed by atoms with van der Waals surface area (Å²) in [5.74, 6) is 0.610. The van der Waals surface area contributed by atoms with Crippen molar-refractivity contribution in [1.82, 2.24) is 14.8 Å². The fourth-order valence-electron chi connectivity index (χ4n) is 3.65. The topological polar surface area (TPSA) is 69.0 Å². The summed E-state index contributed by atoms with van der Waals surface area (Å²) in [5, 5.41) is 7.05. The fourth-order valence-corrected chi connectivity index (χ4v) is 4.81. The van der Waals surface area contributed by atoms with Gasteiger partial charge >= 0.3 is 0 Å². The summed E-state index contributed by atoms with van der Waals surface area (Å²) in [6.45, 7) is 1.08. The molecule has 0 bridgehead atoms. The first kappa shape index (κ1) is 18.6. The first-order valence-electron chi connectivity index (χ1n) is 9.84. The maximum atomic E-state index is 12.9. The van der Waals surface area contributed by atoms with Crippen LogP contribution in [-0.2, 0) is 19.4 Å². The van der Waals surface area contributed by atoms with Gasteiger partial charge < -0.3 is 10.1 Å². The Balaban J connectivity index is 1.27. The zero-order valence-electron chi connectivity index (χ0n) is 16.2. The fraction of sp³-hybridized carbons (Fsp3) is 0.174. The predicted octanol–water partition coefficient (Wildman–Crippen LogP) is 4.44. The second-order valence-corrected chi connectivity index (χ2v) is 8.16. The number of anilines is 1. The monoisotopic (exact) mass is 416 g/mol. The van der Waals surface area contributed by atoms with Crippen LogP contribution in [0.1, 0.15) is 20.8 Å². The highest BCUT2D eigenvalue weighted by Crippen LogP contribution is 2.39. The largest absolute Gasteiger partial charge is 0.492 e. The van der Waals surface area contributed by atoms with Crippen LogP contribution in [0, 0.1) is 0 Å². The van der Waals surface area contributed by atoms with Gasteiger partial charge in [-0.2, -0.15) is 5.10 Å². The number of ether oxygens (including phenoxy) is 1. The number of carbonyl (C=O) groups excluding carboxylic acids is 1. The molecule has 0 saturated carbocycles. The lowest BCUT2D eigenvalue weighted by molar-refractivity contribution is 0.103. The molecule has 2 aromatic heterocycles. The third-order valence-electron chi connectivity index (χ3n) is 5.11. The summed E-state index contributed by atoms with van der Waals surface area (Å²) in [6, 6.07) is 17.9. The summed E-state index contributed by atoms with van der Waals surface area (Å²) in [5.41, 5.74) is 4.58. The molecular weight excluding hydrogens is 396 g/mol. The van der Waals surface area contributed by atoms with Gasteiger partial charge in [0.2, 0.25) is 0 Å². The van der Waals surface area contributed by atoms with Crippen molar-refractivity contribution in [3.8, 4) is 16.2 Å². The number of nitrogens with zero attached hydrogens (tertiary/aromatic N) is 3. The molecule has 2 heterocycles. The van der Waals surface area contributed by atoms with E-state index in [9.17, 15) is 4.79 Å². The molecule has 1 N–H and O–H groups in total. The number of carbonyl (C=O) groups is 1. The van der Waals surface area contributed by atoms with Crippen LogP contribution in [0.4, 0.5) is 5.69 Å². The van der Waals surface area contributed by atoms with Gasteiger partial charge in [0, 0.05) is 16.6 Å². The third-order valence-corrected chi connectivity index (χ3v) is 6.32. The molecule has 150 valence electrons. The number of aromatic nitrogens is 3. The summed E-state index contributed by atoms with van der Waals surface area (Å²) in [6.07, 6.45) is 5.15. The first-order chi connectivity index (χ1) is 14.8. The van der Waals surface area contributed by atoms with Crippen molar-refractivity contribution in [2.75, 3.05) is 11.9 Å². The minimum Gasteiger partial charge on any atom is -0.492 e. The number of nitrogens with one attached hydrogen (secondary N) is 1. The summed E-state index contributed by atoms with van der Waals surface area (Å²) < 4.78 is 7.49. The van der Waals surface area contributed by atoms with Crippen LogP contribution in [0.2, 0.25) is 0 Å². The summed E-state index contributed by atoms with van der Waals surface area (Å²) >= 11 is 1.56. The van der Waals surface area contributed by atoms with Crippen molar-refractivity contribution in [2.24, 2.45) is 0 Å². The van der Waals surface area contributed by atoms with Gasteiger partial charge in [-0.1, -0.05) is 30.3 Å². The van der Waals surface area contributed by atoms with E-state index < -0.39 is 0 Å². The summed E-state index contributed by atoms with van der Waals surface area (Å²) in [4.78, 5) is 18.7. The molecule has 5 rings (SSSR count). The standard InChI is InChI=1S/C23H20N4O2S/c28-23(21-12-17-9-8-16-4-1-2-7-20(16)22(17)30-21)26-18-5-3-6-19(13-18)29-11-10-27-15-24-14-25-27/h1-7,12-15H,8-11H2,(H,26,28). The molecule has 1 amide bonds. The molecule has 1 aliphatic carbocycles. The van der Waals surface area contributed by atoms with E-state index in [4.69, 9.17) is 4.74 Å². The number of aryl methyl sites for hydroxylation is 2. The Morgan fingerprint density at radius 1 is 1.10 bits per heavy atom. The lowest BCUT2D eigenvalue weighted by Gasteiger charge is -2.15. The Bertz CT molecular complexity index is 1180. The zero-order valence-corrected chi connectivity index (χ0v) is 17.1. The van der Waals surface area contributed by atoms with E-state index >= 15 is 0 Å². The maximum Gasteiger partial charge on any atom is 0.265 e. The van der Waals surface area contributed by atoms with Crippen molar-refractivity contribution in [3.05, 3.63) is 83.3 Å². The van der Waals surface area contributed by atoms with Gasteiger partial charge in [0.1, 0.15) is 25.0 Å². The molecule has 6 nitrogen and oxygen atoms in total. The summed E-state index contributed by atoms with van der Waals surface area (Å²) in [7, 11) is 0. The van der Waals surface area contributed by atoms with Gasteiger partial charge in [-0.05, 0) is 47.7 Å². The van der Waals surface area contributed by atoms with Crippen molar-refractivity contribution < 1.29 is 9.53 Å². The van der Waals surface area contributed by atoms with Crippen molar-refractivity contribution in [1.29, 1.82) is 0 Å². The number of hydrogen-bond acceptors (Lipinski definition) is 5. The molecule has 0 atom stereocenters. The molecule has 0 aliphatic heterocycles. The van der Waals surface area contributed by atoms with Crippen molar-refractivity contribution >= 4 is 22.9 Å². The van der Waals surface area contributed by atoms with Gasteiger partial charge in [-0.15, -0.1) is 11.3 Å². The molecule has 1 aliphatic rings. The Kier molecular flexibility index (Phi) is 5.03. The number of thiophene rings is 1. The Morgan fingerprint density at radius 2 is 2.00 bits per heavy atom. The van der Waals surface area contributed by atoms with Crippen molar-refractivity contribution in [3.63, 3.8) is 0 Å². The van der Waals surface area contributed by atoms with Crippen LogP contribution in [0.3, 0.4) is 0 Å². The van der Waals surface area contributed by atoms with Crippen LogP contribution in [0.5, 0.6) is 5.75 Å². The molecule has 30 heavy (non-hydrogen) atoms. The lowest BCUT2D eigenvalue weighted by Crippen LogP contribution is -2.11. The Labute approximate surface area is 178 Å². The molecule has 0 fully saturated rings. The maximum absolute atomic E-state index is 12.9. The number of fused-ring (bicyclic) bond motifs is 3. The van der Waals surface area contributed by atoms with Crippen molar-refractivity contribution in [2.45, 2.75) is 19.4 Å². The molecular formula is C23H20N4O2S. The minimum atomic E-state index is -0.0911. The molecule has 7 heteroatoms. The SMILES string of the molecule is O=C(Nc1cccc(OCCn2cncn2)c1)c1cc2c(s1)-c1ccccc1CC2. The van der Waals surface area contributed by atoms with E-state index in [-0.39, 0.29) is 5.91 Å². The van der Waals surface area contributed by atoms with E-state index in [0.717, 1.165) is 17.7 Å². The number of rotatable bonds is 6. The molecule has 2 aromatic carbocycles. The van der Waals surface area contributed by atoms with Gasteiger partial charge in [0.05, 0.1) is 11.4 Å². The predicted molar refractivity (Wildman–Crippen MR) is 117 cm³/mol. The number of amides is 1.